The van der Waals surface area contributed by atoms with Gasteiger partial charge in [0.1, 0.15) is 37.9 Å². The third kappa shape index (κ3) is 8.32. The second-order valence-electron chi connectivity index (χ2n) is 8.59. The summed E-state index contributed by atoms with van der Waals surface area (Å²) in [6.45, 7) is 12.3. The molecule has 0 N–H and O–H groups in total. The number of carbonyl (C=O) groups excluding carboxylic acids is 2. The van der Waals surface area contributed by atoms with Gasteiger partial charge in [0.15, 0.2) is 0 Å². The molecule has 0 aliphatic carbocycles. The van der Waals surface area contributed by atoms with E-state index >= 15 is 0 Å². The number of allylic oxidation sites excluding steroid dienone is 2. The van der Waals surface area contributed by atoms with E-state index in [0.29, 0.717) is 24.4 Å². The lowest BCUT2D eigenvalue weighted by atomic mass is 9.78. The average Bonchev–Trinajstić information content (AvgIpc) is 2.88. The molecule has 35 heavy (non-hydrogen) atoms. The van der Waals surface area contributed by atoms with E-state index in [-0.39, 0.29) is 30.6 Å². The summed E-state index contributed by atoms with van der Waals surface area (Å²) in [6, 6.07) is 15.8. The van der Waals surface area contributed by atoms with E-state index in [2.05, 4.69) is 13.8 Å². The van der Waals surface area contributed by atoms with E-state index in [0.717, 1.165) is 22.6 Å². The fourth-order valence-corrected chi connectivity index (χ4v) is 3.15. The van der Waals surface area contributed by atoms with Gasteiger partial charge in [0.05, 0.1) is 0 Å². The molecule has 0 aliphatic heterocycles. The molecule has 0 heterocycles. The Balaban J connectivity index is 1.86. The van der Waals surface area contributed by atoms with Crippen molar-refractivity contribution < 1.29 is 28.5 Å². The summed E-state index contributed by atoms with van der Waals surface area (Å²) in [5, 5.41) is 0. The molecule has 2 aromatic carbocycles. The Morgan fingerprint density at radius 3 is 1.31 bits per heavy atom. The molecule has 0 unspecified atom stereocenters. The van der Waals surface area contributed by atoms with E-state index in [4.69, 9.17) is 18.9 Å². The maximum Gasteiger partial charge on any atom is 0.333 e. The van der Waals surface area contributed by atoms with Gasteiger partial charge in [-0.2, -0.15) is 0 Å². The van der Waals surface area contributed by atoms with Gasteiger partial charge in [0.2, 0.25) is 0 Å². The van der Waals surface area contributed by atoms with Crippen LogP contribution in [-0.4, -0.2) is 38.4 Å². The lowest BCUT2D eigenvalue weighted by Gasteiger charge is -2.26. The first-order valence-electron chi connectivity index (χ1n) is 11.8. The zero-order valence-corrected chi connectivity index (χ0v) is 21.6. The van der Waals surface area contributed by atoms with Crippen molar-refractivity contribution in [2.45, 2.75) is 47.0 Å². The van der Waals surface area contributed by atoms with Crippen LogP contribution in [0, 0.1) is 0 Å². The summed E-state index contributed by atoms with van der Waals surface area (Å²) < 4.78 is 21.7. The molecule has 0 radical (unpaired) electrons. The molecule has 2 rings (SSSR count). The molecule has 6 nitrogen and oxygen atoms in total. The van der Waals surface area contributed by atoms with Crippen LogP contribution >= 0.6 is 0 Å². The number of hydrogen-bond acceptors (Lipinski definition) is 6. The van der Waals surface area contributed by atoms with Crippen LogP contribution in [0.15, 0.2) is 71.8 Å². The summed E-state index contributed by atoms with van der Waals surface area (Å²) in [5.74, 6) is 0.787. The zero-order chi connectivity index (χ0) is 25.8. The van der Waals surface area contributed by atoms with Crippen LogP contribution in [0.5, 0.6) is 11.5 Å². The first kappa shape index (κ1) is 27.7. The summed E-state index contributed by atoms with van der Waals surface area (Å²) in [5.41, 5.74) is 3.21. The monoisotopic (exact) mass is 480 g/mol. The maximum absolute atomic E-state index is 11.6. The molecule has 0 saturated heterocycles. The van der Waals surface area contributed by atoms with Crippen molar-refractivity contribution >= 4 is 11.9 Å². The second kappa shape index (κ2) is 13.4. The van der Waals surface area contributed by atoms with Crippen molar-refractivity contribution in [1.82, 2.24) is 0 Å². The predicted octanol–water partition coefficient (Wildman–Crippen LogP) is 5.79. The molecule has 188 valence electrons. The Morgan fingerprint density at radius 2 is 1.00 bits per heavy atom. The van der Waals surface area contributed by atoms with Crippen LogP contribution in [0.25, 0.3) is 0 Å². The largest absolute Gasteiger partial charge is 0.490 e. The number of esters is 2. The van der Waals surface area contributed by atoms with Gasteiger partial charge in [-0.1, -0.05) is 50.3 Å². The molecule has 0 atom stereocenters. The summed E-state index contributed by atoms with van der Waals surface area (Å²) in [6.07, 6.45) is 3.44. The molecule has 0 amide bonds. The average molecular weight is 481 g/mol. The topological polar surface area (TPSA) is 71.1 Å². The van der Waals surface area contributed by atoms with Crippen LogP contribution in [0.4, 0.5) is 0 Å². The number of rotatable bonds is 12. The van der Waals surface area contributed by atoms with Crippen LogP contribution in [0.1, 0.15) is 52.7 Å². The molecule has 0 saturated carbocycles. The van der Waals surface area contributed by atoms with Gasteiger partial charge in [-0.15, -0.1) is 0 Å². The summed E-state index contributed by atoms with van der Waals surface area (Å²) in [4.78, 5) is 23.3. The van der Waals surface area contributed by atoms with E-state index in [1.165, 1.54) is 0 Å². The minimum Gasteiger partial charge on any atom is -0.490 e. The quantitative estimate of drug-likeness (QED) is 0.218. The standard InChI is InChI=1S/C29H36O6/c1-7-21(3)27(30)34-19-17-32-25-13-9-23(10-14-25)29(5,6)24-11-15-26(16-12-24)33-18-20-35-28(31)22(4)8-2/h7-16H,17-20H2,1-6H3/b21-7-,22-8+. The minimum atomic E-state index is -0.326. The number of hydrogen-bond donors (Lipinski definition) is 0. The van der Waals surface area contributed by atoms with E-state index in [1.54, 1.807) is 39.8 Å². The van der Waals surface area contributed by atoms with Crippen LogP contribution in [-0.2, 0) is 24.5 Å². The Bertz CT molecular complexity index is 946. The highest BCUT2D eigenvalue weighted by Gasteiger charge is 2.23. The summed E-state index contributed by atoms with van der Waals surface area (Å²) in [7, 11) is 0. The lowest BCUT2D eigenvalue weighted by Crippen LogP contribution is -2.19. The van der Waals surface area contributed by atoms with Crippen molar-refractivity contribution in [2.24, 2.45) is 0 Å². The normalized spacial score (nSPS) is 12.2. The van der Waals surface area contributed by atoms with E-state index < -0.39 is 0 Å². The number of benzene rings is 2. The zero-order valence-electron chi connectivity index (χ0n) is 21.6. The Labute approximate surface area is 208 Å². The van der Waals surface area contributed by atoms with Crippen molar-refractivity contribution in [1.29, 1.82) is 0 Å². The van der Waals surface area contributed by atoms with Gasteiger partial charge in [-0.3, -0.25) is 0 Å². The van der Waals surface area contributed by atoms with Crippen LogP contribution in [0.3, 0.4) is 0 Å². The van der Waals surface area contributed by atoms with Crippen LogP contribution in [0.2, 0.25) is 0 Å². The van der Waals surface area contributed by atoms with Crippen molar-refractivity contribution in [2.75, 3.05) is 26.4 Å². The third-order valence-electron chi connectivity index (χ3n) is 5.83. The number of carbonyl (C=O) groups is 2. The van der Waals surface area contributed by atoms with Gasteiger partial charge in [0.25, 0.3) is 0 Å². The molecular weight excluding hydrogens is 444 g/mol. The molecule has 0 aliphatic rings. The van der Waals surface area contributed by atoms with Gasteiger partial charge < -0.3 is 18.9 Å². The SMILES string of the molecule is C/C=C(/C)C(=O)OCCOc1ccc(C(C)(C)c2ccc(OCCOC(=O)/C(C)=C/C)cc2)cc1. The highest BCUT2D eigenvalue weighted by molar-refractivity contribution is 5.87. The Hall–Kier alpha value is -3.54. The smallest absolute Gasteiger partial charge is 0.333 e. The van der Waals surface area contributed by atoms with Gasteiger partial charge in [-0.05, 0) is 63.1 Å². The predicted molar refractivity (Wildman–Crippen MR) is 137 cm³/mol. The highest BCUT2D eigenvalue weighted by Crippen LogP contribution is 2.33. The fourth-order valence-electron chi connectivity index (χ4n) is 3.15. The molecule has 0 spiro atoms. The molecule has 2 aromatic rings. The third-order valence-corrected chi connectivity index (χ3v) is 5.83. The van der Waals surface area contributed by atoms with Crippen molar-refractivity contribution in [3.63, 3.8) is 0 Å². The van der Waals surface area contributed by atoms with Crippen molar-refractivity contribution in [3.8, 4) is 11.5 Å². The van der Waals surface area contributed by atoms with E-state index in [9.17, 15) is 9.59 Å². The molecule has 0 bridgehead atoms. The van der Waals surface area contributed by atoms with E-state index in [1.807, 2.05) is 48.5 Å². The second-order valence-corrected chi connectivity index (χ2v) is 8.59. The minimum absolute atomic E-state index is 0.198. The maximum atomic E-state index is 11.6. The number of ether oxygens (including phenoxy) is 4. The molecular formula is C29H36O6. The fraction of sp³-hybridized carbons (Fsp3) is 0.379. The van der Waals surface area contributed by atoms with Gasteiger partial charge in [-0.25, -0.2) is 9.59 Å². The van der Waals surface area contributed by atoms with Gasteiger partial charge >= 0.3 is 11.9 Å². The highest BCUT2D eigenvalue weighted by atomic mass is 16.6. The molecule has 0 fully saturated rings. The van der Waals surface area contributed by atoms with Crippen LogP contribution < -0.4 is 9.47 Å². The Morgan fingerprint density at radius 1 is 0.657 bits per heavy atom. The van der Waals surface area contributed by atoms with Gasteiger partial charge in [0, 0.05) is 16.6 Å². The van der Waals surface area contributed by atoms with Crippen molar-refractivity contribution in [3.05, 3.63) is 83.0 Å². The molecule has 6 heteroatoms. The molecule has 0 aromatic heterocycles. The lowest BCUT2D eigenvalue weighted by molar-refractivity contribution is -0.140. The Kier molecular flexibility index (Phi) is 10.6. The first-order valence-corrected chi connectivity index (χ1v) is 11.8. The first-order chi connectivity index (χ1) is 16.7. The summed E-state index contributed by atoms with van der Waals surface area (Å²) >= 11 is 0.